The second kappa shape index (κ2) is 6.12. The number of carbonyl (C=O) groups is 1. The number of benzene rings is 1. The standard InChI is InChI=1S/C13H15N3O3/c17-7-10(8-18)15-13(19)16-11-5-1-3-9-4-2-6-14-12(9)11/h1-6,10,17-18H,7-8H2,(H2,15,16,19). The molecule has 0 bridgehead atoms. The normalized spacial score (nSPS) is 10.7. The van der Waals surface area contributed by atoms with E-state index in [-0.39, 0.29) is 13.2 Å². The Balaban J connectivity index is 2.15. The minimum atomic E-state index is -0.678. The van der Waals surface area contributed by atoms with E-state index in [1.807, 2.05) is 24.3 Å². The number of aliphatic hydroxyl groups excluding tert-OH is 2. The Bertz CT molecular complexity index is 565. The Morgan fingerprint density at radius 2 is 1.95 bits per heavy atom. The van der Waals surface area contributed by atoms with Gasteiger partial charge in [0.2, 0.25) is 0 Å². The van der Waals surface area contributed by atoms with Crippen LogP contribution in [0.25, 0.3) is 10.9 Å². The summed E-state index contributed by atoms with van der Waals surface area (Å²) in [7, 11) is 0. The van der Waals surface area contributed by atoms with E-state index in [9.17, 15) is 4.79 Å². The summed E-state index contributed by atoms with van der Waals surface area (Å²) in [6.07, 6.45) is 1.65. The molecule has 1 aromatic carbocycles. The molecule has 0 atom stereocenters. The van der Waals surface area contributed by atoms with Crippen molar-refractivity contribution >= 4 is 22.6 Å². The Kier molecular flexibility index (Phi) is 4.27. The van der Waals surface area contributed by atoms with Crippen LogP contribution in [0, 0.1) is 0 Å². The smallest absolute Gasteiger partial charge is 0.319 e. The summed E-state index contributed by atoms with van der Waals surface area (Å²) < 4.78 is 0. The molecule has 2 amide bonds. The molecular weight excluding hydrogens is 246 g/mol. The molecule has 0 saturated carbocycles. The van der Waals surface area contributed by atoms with Gasteiger partial charge in [0.15, 0.2) is 0 Å². The maximum atomic E-state index is 11.7. The Morgan fingerprint density at radius 1 is 1.21 bits per heavy atom. The minimum absolute atomic E-state index is 0.322. The topological polar surface area (TPSA) is 94.5 Å². The average molecular weight is 261 g/mol. The molecule has 0 radical (unpaired) electrons. The van der Waals surface area contributed by atoms with Gasteiger partial charge < -0.3 is 20.8 Å². The third-order valence-electron chi connectivity index (χ3n) is 2.66. The molecule has 0 saturated heterocycles. The van der Waals surface area contributed by atoms with Gasteiger partial charge in [0.1, 0.15) is 0 Å². The number of nitrogens with one attached hydrogen (secondary N) is 2. The number of pyridine rings is 1. The first-order valence-electron chi connectivity index (χ1n) is 5.87. The van der Waals surface area contributed by atoms with E-state index in [0.29, 0.717) is 11.2 Å². The van der Waals surface area contributed by atoms with Crippen LogP contribution in [0.5, 0.6) is 0 Å². The fraction of sp³-hybridized carbons (Fsp3) is 0.231. The molecule has 19 heavy (non-hydrogen) atoms. The molecule has 2 aromatic rings. The summed E-state index contributed by atoms with van der Waals surface area (Å²) in [6, 6.07) is 8.00. The molecule has 4 N–H and O–H groups in total. The lowest BCUT2D eigenvalue weighted by Gasteiger charge is -2.14. The van der Waals surface area contributed by atoms with Crippen molar-refractivity contribution in [2.45, 2.75) is 6.04 Å². The molecule has 0 aliphatic carbocycles. The highest BCUT2D eigenvalue weighted by Crippen LogP contribution is 2.20. The van der Waals surface area contributed by atoms with E-state index in [2.05, 4.69) is 15.6 Å². The largest absolute Gasteiger partial charge is 0.394 e. The van der Waals surface area contributed by atoms with Gasteiger partial charge in [-0.3, -0.25) is 4.98 Å². The van der Waals surface area contributed by atoms with Gasteiger partial charge in [0.25, 0.3) is 0 Å². The van der Waals surface area contributed by atoms with Gasteiger partial charge in [-0.05, 0) is 12.1 Å². The number of anilines is 1. The van der Waals surface area contributed by atoms with Crippen molar-refractivity contribution < 1.29 is 15.0 Å². The molecule has 0 unspecified atom stereocenters. The lowest BCUT2D eigenvalue weighted by molar-refractivity contribution is 0.172. The van der Waals surface area contributed by atoms with Gasteiger partial charge in [-0.1, -0.05) is 18.2 Å². The monoisotopic (exact) mass is 261 g/mol. The van der Waals surface area contributed by atoms with E-state index < -0.39 is 12.1 Å². The number of amides is 2. The number of hydrogen-bond donors (Lipinski definition) is 4. The number of hydrogen-bond acceptors (Lipinski definition) is 4. The van der Waals surface area contributed by atoms with Crippen LogP contribution in [0.3, 0.4) is 0 Å². The number of nitrogens with zero attached hydrogens (tertiary/aromatic N) is 1. The number of aliphatic hydroxyl groups is 2. The Morgan fingerprint density at radius 3 is 2.68 bits per heavy atom. The first-order valence-corrected chi connectivity index (χ1v) is 5.87. The quantitative estimate of drug-likeness (QED) is 0.652. The summed E-state index contributed by atoms with van der Waals surface area (Å²) >= 11 is 0. The number of rotatable bonds is 4. The van der Waals surface area contributed by atoms with Crippen LogP contribution in [-0.4, -0.2) is 40.5 Å². The van der Waals surface area contributed by atoms with Crippen molar-refractivity contribution in [3.05, 3.63) is 36.5 Å². The molecule has 0 fully saturated rings. The zero-order chi connectivity index (χ0) is 13.7. The minimum Gasteiger partial charge on any atom is -0.394 e. The van der Waals surface area contributed by atoms with Gasteiger partial charge in [-0.25, -0.2) is 4.79 Å². The van der Waals surface area contributed by atoms with E-state index in [1.54, 1.807) is 12.3 Å². The summed E-state index contributed by atoms with van der Waals surface area (Å²) in [4.78, 5) is 15.9. The first-order chi connectivity index (χ1) is 9.24. The molecule has 6 nitrogen and oxygen atoms in total. The van der Waals surface area contributed by atoms with Crippen LogP contribution in [-0.2, 0) is 0 Å². The van der Waals surface area contributed by atoms with Crippen molar-refractivity contribution in [1.82, 2.24) is 10.3 Å². The van der Waals surface area contributed by atoms with Crippen LogP contribution in [0.15, 0.2) is 36.5 Å². The maximum absolute atomic E-state index is 11.7. The van der Waals surface area contributed by atoms with Crippen molar-refractivity contribution in [2.75, 3.05) is 18.5 Å². The highest BCUT2D eigenvalue weighted by molar-refractivity contribution is 5.99. The molecule has 100 valence electrons. The van der Waals surface area contributed by atoms with E-state index >= 15 is 0 Å². The third-order valence-corrected chi connectivity index (χ3v) is 2.66. The fourth-order valence-corrected chi connectivity index (χ4v) is 1.70. The third kappa shape index (κ3) is 3.18. The van der Waals surface area contributed by atoms with Gasteiger partial charge in [0.05, 0.1) is 30.5 Å². The molecule has 0 spiro atoms. The molecule has 6 heteroatoms. The van der Waals surface area contributed by atoms with Crippen LogP contribution in [0.2, 0.25) is 0 Å². The van der Waals surface area contributed by atoms with E-state index in [0.717, 1.165) is 5.39 Å². The molecule has 0 aliphatic heterocycles. The van der Waals surface area contributed by atoms with Crippen LogP contribution in [0.4, 0.5) is 10.5 Å². The van der Waals surface area contributed by atoms with Crippen LogP contribution >= 0.6 is 0 Å². The summed E-state index contributed by atoms with van der Waals surface area (Å²) in [5.74, 6) is 0. The molecule has 2 rings (SSSR count). The summed E-state index contributed by atoms with van der Waals surface area (Å²) in [5.41, 5.74) is 1.26. The van der Waals surface area contributed by atoms with Gasteiger partial charge in [0, 0.05) is 11.6 Å². The zero-order valence-corrected chi connectivity index (χ0v) is 10.2. The lowest BCUT2D eigenvalue weighted by atomic mass is 10.2. The zero-order valence-electron chi connectivity index (χ0n) is 10.2. The summed E-state index contributed by atoms with van der Waals surface area (Å²) in [5, 5.41) is 23.8. The Labute approximate surface area is 110 Å². The van der Waals surface area contributed by atoms with Gasteiger partial charge >= 0.3 is 6.03 Å². The second-order valence-corrected chi connectivity index (χ2v) is 4.04. The van der Waals surface area contributed by atoms with Crippen molar-refractivity contribution in [3.8, 4) is 0 Å². The lowest BCUT2D eigenvalue weighted by Crippen LogP contribution is -2.42. The van der Waals surface area contributed by atoms with Crippen molar-refractivity contribution in [1.29, 1.82) is 0 Å². The number of urea groups is 1. The number of aromatic nitrogens is 1. The number of fused-ring (bicyclic) bond motifs is 1. The van der Waals surface area contributed by atoms with Crippen LogP contribution in [0.1, 0.15) is 0 Å². The maximum Gasteiger partial charge on any atom is 0.319 e. The Hall–Kier alpha value is -2.18. The van der Waals surface area contributed by atoms with Gasteiger partial charge in [-0.2, -0.15) is 0 Å². The molecule has 1 heterocycles. The molecule has 0 aliphatic rings. The average Bonchev–Trinajstić information content (AvgIpc) is 2.45. The van der Waals surface area contributed by atoms with Crippen LogP contribution < -0.4 is 10.6 Å². The number of para-hydroxylation sites is 1. The van der Waals surface area contributed by atoms with E-state index in [1.165, 1.54) is 0 Å². The highest BCUT2D eigenvalue weighted by atomic mass is 16.3. The highest BCUT2D eigenvalue weighted by Gasteiger charge is 2.11. The predicted octanol–water partition coefficient (Wildman–Crippen LogP) is 0.709. The summed E-state index contributed by atoms with van der Waals surface area (Å²) in [6.45, 7) is -0.643. The predicted molar refractivity (Wildman–Crippen MR) is 71.9 cm³/mol. The van der Waals surface area contributed by atoms with E-state index in [4.69, 9.17) is 10.2 Å². The fourth-order valence-electron chi connectivity index (χ4n) is 1.70. The van der Waals surface area contributed by atoms with Crippen molar-refractivity contribution in [2.24, 2.45) is 0 Å². The SMILES string of the molecule is O=C(Nc1cccc2cccnc12)NC(CO)CO. The number of carbonyl (C=O) groups excluding carboxylic acids is 1. The van der Waals surface area contributed by atoms with Crippen molar-refractivity contribution in [3.63, 3.8) is 0 Å². The first kappa shape index (κ1) is 13.3. The molecule has 1 aromatic heterocycles. The van der Waals surface area contributed by atoms with Gasteiger partial charge in [-0.15, -0.1) is 0 Å². The second-order valence-electron chi connectivity index (χ2n) is 4.04. The molecular formula is C13H15N3O3.